The Hall–Kier alpha value is -1.51. The second-order valence-electron chi connectivity index (χ2n) is 7.96. The van der Waals surface area contributed by atoms with Gasteiger partial charge in [0.2, 0.25) is 0 Å². The number of nitrogens with zero attached hydrogens (tertiary/aromatic N) is 4. The summed E-state index contributed by atoms with van der Waals surface area (Å²) < 4.78 is 8.40. The number of aliphatic hydroxyl groups excluding tert-OH is 1. The van der Waals surface area contributed by atoms with E-state index in [1.165, 1.54) is 6.33 Å². The van der Waals surface area contributed by atoms with Crippen LogP contribution in [0.3, 0.4) is 0 Å². The van der Waals surface area contributed by atoms with Crippen LogP contribution in [-0.4, -0.2) is 39.5 Å². The number of rotatable bonds is 8. The van der Waals surface area contributed by atoms with E-state index >= 15 is 0 Å². The topological polar surface area (TPSA) is 99.1 Å². The minimum absolute atomic E-state index is 0.138. The zero-order valence-corrected chi connectivity index (χ0v) is 17.0. The Morgan fingerprint density at radius 3 is 2.56 bits per heavy atom. The van der Waals surface area contributed by atoms with Crippen molar-refractivity contribution in [3.63, 3.8) is 0 Å². The molecule has 0 unspecified atom stereocenters. The molecule has 0 aliphatic rings. The summed E-state index contributed by atoms with van der Waals surface area (Å²) >= 11 is 0. The average Bonchev–Trinajstić information content (AvgIpc) is 2.88. The second-order valence-corrected chi connectivity index (χ2v) is 12.8. The van der Waals surface area contributed by atoms with Crippen molar-refractivity contribution in [2.24, 2.45) is 0 Å². The van der Waals surface area contributed by atoms with Gasteiger partial charge < -0.3 is 15.3 Å². The third kappa shape index (κ3) is 4.56. The molecular weight excluding hydrogens is 334 g/mol. The number of anilines is 1. The highest BCUT2D eigenvalue weighted by Crippen LogP contribution is 2.37. The number of aromatic nitrogens is 4. The number of nitrogens with two attached hydrogens (primary N) is 1. The van der Waals surface area contributed by atoms with Crippen LogP contribution in [-0.2, 0) is 17.6 Å². The van der Waals surface area contributed by atoms with E-state index in [0.717, 1.165) is 37.2 Å². The molecule has 0 aliphatic carbocycles. The highest BCUT2D eigenvalue weighted by molar-refractivity contribution is 6.74. The smallest absolute Gasteiger partial charge is 0.194 e. The van der Waals surface area contributed by atoms with Crippen LogP contribution in [0.5, 0.6) is 0 Å². The van der Waals surface area contributed by atoms with Gasteiger partial charge in [0, 0.05) is 13.0 Å². The zero-order chi connectivity index (χ0) is 18.7. The van der Waals surface area contributed by atoms with Gasteiger partial charge in [-0.15, -0.1) is 0 Å². The number of imidazole rings is 1. The van der Waals surface area contributed by atoms with Crippen LogP contribution in [0.2, 0.25) is 18.1 Å². The van der Waals surface area contributed by atoms with E-state index in [4.69, 9.17) is 15.3 Å². The molecule has 0 saturated carbocycles. The molecular formula is C17H31N5O2Si. The van der Waals surface area contributed by atoms with Gasteiger partial charge in [0.15, 0.2) is 25.3 Å². The van der Waals surface area contributed by atoms with E-state index in [1.807, 2.05) is 4.57 Å². The van der Waals surface area contributed by atoms with Crippen molar-refractivity contribution in [2.45, 2.75) is 71.3 Å². The molecule has 8 heteroatoms. The highest BCUT2D eigenvalue weighted by Gasteiger charge is 2.37. The van der Waals surface area contributed by atoms with E-state index in [9.17, 15) is 0 Å². The third-order valence-corrected chi connectivity index (χ3v) is 9.52. The lowest BCUT2D eigenvalue weighted by Gasteiger charge is -2.36. The first-order chi connectivity index (χ1) is 11.7. The predicted octanol–water partition coefficient (Wildman–Crippen LogP) is 3.09. The molecule has 0 aliphatic heterocycles. The largest absolute Gasteiger partial charge is 0.399 e. The average molecular weight is 366 g/mol. The molecule has 0 spiro atoms. The molecule has 25 heavy (non-hydrogen) atoms. The number of aliphatic hydroxyl groups is 1. The number of unbranched alkanes of at least 4 members (excludes halogenated alkanes) is 2. The fraction of sp³-hybridized carbons (Fsp3) is 0.706. The van der Waals surface area contributed by atoms with E-state index in [-0.39, 0.29) is 11.6 Å². The lowest BCUT2D eigenvalue weighted by Crippen LogP contribution is -2.41. The summed E-state index contributed by atoms with van der Waals surface area (Å²) in [5.74, 6) is 1.31. The van der Waals surface area contributed by atoms with Gasteiger partial charge in [0.05, 0.1) is 0 Å². The van der Waals surface area contributed by atoms with Crippen molar-refractivity contribution in [1.29, 1.82) is 0 Å². The summed E-state index contributed by atoms with van der Waals surface area (Å²) in [4.78, 5) is 13.1. The molecule has 2 rings (SSSR count). The normalized spacial score (nSPS) is 12.9. The van der Waals surface area contributed by atoms with Crippen molar-refractivity contribution in [3.05, 3.63) is 12.2 Å². The van der Waals surface area contributed by atoms with Gasteiger partial charge in [0.25, 0.3) is 0 Å². The van der Waals surface area contributed by atoms with Crippen LogP contribution in [0.4, 0.5) is 5.82 Å². The molecule has 0 aromatic carbocycles. The van der Waals surface area contributed by atoms with E-state index in [1.54, 1.807) is 0 Å². The van der Waals surface area contributed by atoms with Gasteiger partial charge in [-0.3, -0.25) is 4.57 Å². The maximum Gasteiger partial charge on any atom is 0.194 e. The van der Waals surface area contributed by atoms with Crippen molar-refractivity contribution in [3.8, 4) is 0 Å². The van der Waals surface area contributed by atoms with E-state index in [0.29, 0.717) is 18.1 Å². The predicted molar refractivity (Wildman–Crippen MR) is 103 cm³/mol. The molecule has 7 nitrogen and oxygen atoms in total. The zero-order valence-electron chi connectivity index (χ0n) is 16.0. The van der Waals surface area contributed by atoms with Crippen molar-refractivity contribution < 1.29 is 9.53 Å². The summed E-state index contributed by atoms with van der Waals surface area (Å²) in [7, 11) is -1.89. The Kier molecular flexibility index (Phi) is 6.18. The molecule has 0 amide bonds. The summed E-state index contributed by atoms with van der Waals surface area (Å²) in [6.45, 7) is 11.8. The van der Waals surface area contributed by atoms with E-state index < -0.39 is 8.32 Å². The minimum atomic E-state index is -1.89. The monoisotopic (exact) mass is 365 g/mol. The SMILES string of the molecule is CC(C)(C)[Si](C)(C)OCn1c(CCCCCO)nc2c(N)ncnc21. The molecule has 0 bridgehead atoms. The Balaban J connectivity index is 2.27. The number of fused-ring (bicyclic) bond motifs is 1. The van der Waals surface area contributed by atoms with E-state index in [2.05, 4.69) is 48.8 Å². The molecule has 140 valence electrons. The molecule has 0 saturated heterocycles. The summed E-state index contributed by atoms with van der Waals surface area (Å²) in [5.41, 5.74) is 7.34. The quantitative estimate of drug-likeness (QED) is 0.551. The van der Waals surface area contributed by atoms with Gasteiger partial charge in [-0.25, -0.2) is 15.0 Å². The summed E-state index contributed by atoms with van der Waals surface area (Å²) in [6.07, 6.45) is 5.00. The molecule has 0 atom stereocenters. The molecule has 2 heterocycles. The van der Waals surface area contributed by atoms with Gasteiger partial charge >= 0.3 is 0 Å². The summed E-state index contributed by atoms with van der Waals surface area (Å²) in [6, 6.07) is 0. The molecule has 0 fully saturated rings. The maximum absolute atomic E-state index is 8.95. The number of hydrogen-bond donors (Lipinski definition) is 2. The van der Waals surface area contributed by atoms with Gasteiger partial charge in [-0.2, -0.15) is 0 Å². The van der Waals surface area contributed by atoms with Gasteiger partial charge in [0.1, 0.15) is 18.9 Å². The molecule has 2 aromatic rings. The molecule has 3 N–H and O–H groups in total. The summed E-state index contributed by atoms with van der Waals surface area (Å²) in [5, 5.41) is 9.09. The number of nitrogen functional groups attached to an aromatic ring is 1. The Labute approximate surface area is 150 Å². The first kappa shape index (κ1) is 19.8. The van der Waals surface area contributed by atoms with Crippen molar-refractivity contribution >= 4 is 25.3 Å². The van der Waals surface area contributed by atoms with Gasteiger partial charge in [-0.05, 0) is 31.0 Å². The number of aryl methyl sites for hydroxylation is 1. The number of hydrogen-bond acceptors (Lipinski definition) is 6. The third-order valence-electron chi connectivity index (χ3n) is 5.06. The fourth-order valence-electron chi connectivity index (χ4n) is 2.34. The molecule has 2 aromatic heterocycles. The Morgan fingerprint density at radius 2 is 1.92 bits per heavy atom. The minimum Gasteiger partial charge on any atom is -0.399 e. The molecule has 0 radical (unpaired) electrons. The van der Waals surface area contributed by atoms with Crippen LogP contribution in [0.25, 0.3) is 11.2 Å². The lowest BCUT2D eigenvalue weighted by atomic mass is 10.2. The van der Waals surface area contributed by atoms with Crippen molar-refractivity contribution in [1.82, 2.24) is 19.5 Å². The first-order valence-corrected chi connectivity index (χ1v) is 11.8. The van der Waals surface area contributed by atoms with Crippen LogP contribution in [0, 0.1) is 0 Å². The Morgan fingerprint density at radius 1 is 1.20 bits per heavy atom. The highest BCUT2D eigenvalue weighted by atomic mass is 28.4. The standard InChI is InChI=1S/C17H31N5O2Si/c1-17(2,3)25(4,5)24-12-22-13(9-7-6-8-10-23)21-14-15(18)19-11-20-16(14)22/h11,23H,6-10,12H2,1-5H3,(H2,18,19,20). The second kappa shape index (κ2) is 7.80. The first-order valence-electron chi connectivity index (χ1n) is 8.88. The van der Waals surface area contributed by atoms with Crippen LogP contribution < -0.4 is 5.73 Å². The Bertz CT molecular complexity index is 709. The fourth-order valence-corrected chi connectivity index (χ4v) is 3.22. The van der Waals surface area contributed by atoms with Crippen LogP contribution in [0.15, 0.2) is 6.33 Å². The van der Waals surface area contributed by atoms with Crippen LogP contribution >= 0.6 is 0 Å². The van der Waals surface area contributed by atoms with Gasteiger partial charge in [-0.1, -0.05) is 27.2 Å². The maximum atomic E-state index is 8.95. The van der Waals surface area contributed by atoms with Crippen LogP contribution in [0.1, 0.15) is 45.9 Å². The lowest BCUT2D eigenvalue weighted by molar-refractivity contribution is 0.212. The van der Waals surface area contributed by atoms with Crippen molar-refractivity contribution in [2.75, 3.05) is 12.3 Å².